The van der Waals surface area contributed by atoms with Crippen LogP contribution in [0.4, 0.5) is 11.4 Å². The average molecular weight is 227 g/mol. The van der Waals surface area contributed by atoms with E-state index in [2.05, 4.69) is 31.3 Å². The molecule has 2 nitrogen and oxygen atoms in total. The smallest absolute Gasteiger partial charge is 0.0702 e. The van der Waals surface area contributed by atoms with Crippen molar-refractivity contribution >= 4 is 11.4 Å². The van der Waals surface area contributed by atoms with Crippen LogP contribution in [-0.2, 0) is 6.61 Å². The molecular weight excluding hydrogens is 210 g/mol. The van der Waals surface area contributed by atoms with Gasteiger partial charge in [0.15, 0.2) is 0 Å². The lowest BCUT2D eigenvalue weighted by atomic mass is 10.1. The SMILES string of the molecule is Cc1cccc(Nc2ccccc2CO)c1C. The van der Waals surface area contributed by atoms with Crippen LogP contribution in [-0.4, -0.2) is 5.11 Å². The largest absolute Gasteiger partial charge is 0.392 e. The van der Waals surface area contributed by atoms with Crippen molar-refractivity contribution < 1.29 is 5.11 Å². The predicted molar refractivity (Wildman–Crippen MR) is 71.6 cm³/mol. The molecular formula is C15H17NO. The Hall–Kier alpha value is -1.80. The van der Waals surface area contributed by atoms with Crippen LogP contribution in [0.15, 0.2) is 42.5 Å². The van der Waals surface area contributed by atoms with E-state index in [1.54, 1.807) is 0 Å². The summed E-state index contributed by atoms with van der Waals surface area (Å²) < 4.78 is 0. The molecule has 0 amide bonds. The fraction of sp³-hybridized carbons (Fsp3) is 0.200. The Morgan fingerprint density at radius 2 is 1.65 bits per heavy atom. The minimum Gasteiger partial charge on any atom is -0.392 e. The summed E-state index contributed by atoms with van der Waals surface area (Å²) in [7, 11) is 0. The highest BCUT2D eigenvalue weighted by atomic mass is 16.3. The first kappa shape index (κ1) is 11.7. The maximum atomic E-state index is 9.28. The fourth-order valence-electron chi connectivity index (χ4n) is 1.81. The lowest BCUT2D eigenvalue weighted by molar-refractivity contribution is 0.282. The Labute approximate surface area is 102 Å². The van der Waals surface area contributed by atoms with E-state index in [0.29, 0.717) is 0 Å². The number of para-hydroxylation sites is 1. The molecule has 0 unspecified atom stereocenters. The van der Waals surface area contributed by atoms with Gasteiger partial charge in [0.2, 0.25) is 0 Å². The van der Waals surface area contributed by atoms with E-state index in [1.807, 2.05) is 30.3 Å². The molecule has 2 N–H and O–H groups in total. The van der Waals surface area contributed by atoms with Crippen molar-refractivity contribution in [2.75, 3.05) is 5.32 Å². The molecule has 2 aromatic rings. The molecule has 0 aliphatic carbocycles. The molecule has 0 saturated heterocycles. The lowest BCUT2D eigenvalue weighted by Gasteiger charge is -2.13. The zero-order valence-electron chi connectivity index (χ0n) is 10.2. The third-order valence-electron chi connectivity index (χ3n) is 3.06. The molecule has 0 radical (unpaired) electrons. The second-order valence-corrected chi connectivity index (χ2v) is 4.19. The zero-order valence-corrected chi connectivity index (χ0v) is 10.2. The van der Waals surface area contributed by atoms with Gasteiger partial charge in [0.1, 0.15) is 0 Å². The van der Waals surface area contributed by atoms with Gasteiger partial charge in [0.05, 0.1) is 6.61 Å². The maximum Gasteiger partial charge on any atom is 0.0702 e. The van der Waals surface area contributed by atoms with Gasteiger partial charge in [-0.3, -0.25) is 0 Å². The third-order valence-corrected chi connectivity index (χ3v) is 3.06. The van der Waals surface area contributed by atoms with Crippen LogP contribution in [0.25, 0.3) is 0 Å². The number of rotatable bonds is 3. The fourth-order valence-corrected chi connectivity index (χ4v) is 1.81. The van der Waals surface area contributed by atoms with Gasteiger partial charge in [-0.2, -0.15) is 0 Å². The standard InChI is InChI=1S/C15H17NO/c1-11-6-5-9-14(12(11)2)16-15-8-4-3-7-13(15)10-17/h3-9,16-17H,10H2,1-2H3. The second kappa shape index (κ2) is 5.02. The number of anilines is 2. The van der Waals surface area contributed by atoms with Gasteiger partial charge in [-0.25, -0.2) is 0 Å². The molecule has 2 aromatic carbocycles. The minimum atomic E-state index is 0.0496. The lowest BCUT2D eigenvalue weighted by Crippen LogP contribution is -1.98. The molecule has 0 fully saturated rings. The molecule has 0 atom stereocenters. The highest BCUT2D eigenvalue weighted by Gasteiger charge is 2.04. The van der Waals surface area contributed by atoms with Crippen LogP contribution >= 0.6 is 0 Å². The molecule has 2 rings (SSSR count). The van der Waals surface area contributed by atoms with Crippen molar-refractivity contribution in [3.05, 3.63) is 59.2 Å². The summed E-state index contributed by atoms with van der Waals surface area (Å²) in [5.41, 5.74) is 5.46. The summed E-state index contributed by atoms with van der Waals surface area (Å²) in [6.45, 7) is 4.24. The highest BCUT2D eigenvalue weighted by Crippen LogP contribution is 2.25. The van der Waals surface area contributed by atoms with Crippen molar-refractivity contribution in [3.8, 4) is 0 Å². The number of nitrogens with one attached hydrogen (secondary N) is 1. The summed E-state index contributed by atoms with van der Waals surface area (Å²) in [5, 5.41) is 12.7. The van der Waals surface area contributed by atoms with Crippen LogP contribution in [0, 0.1) is 13.8 Å². The van der Waals surface area contributed by atoms with E-state index < -0.39 is 0 Å². The molecule has 0 aromatic heterocycles. The molecule has 0 aliphatic heterocycles. The van der Waals surface area contributed by atoms with Crippen molar-refractivity contribution in [3.63, 3.8) is 0 Å². The molecule has 2 heteroatoms. The van der Waals surface area contributed by atoms with Crippen LogP contribution in [0.1, 0.15) is 16.7 Å². The number of hydrogen-bond donors (Lipinski definition) is 2. The second-order valence-electron chi connectivity index (χ2n) is 4.19. The normalized spacial score (nSPS) is 10.3. The number of benzene rings is 2. The van der Waals surface area contributed by atoms with E-state index >= 15 is 0 Å². The predicted octanol–water partition coefficient (Wildman–Crippen LogP) is 3.54. The Morgan fingerprint density at radius 1 is 0.941 bits per heavy atom. The van der Waals surface area contributed by atoms with E-state index in [0.717, 1.165) is 16.9 Å². The highest BCUT2D eigenvalue weighted by molar-refractivity contribution is 5.66. The van der Waals surface area contributed by atoms with Crippen LogP contribution < -0.4 is 5.32 Å². The monoisotopic (exact) mass is 227 g/mol. The Balaban J connectivity index is 2.35. The third kappa shape index (κ3) is 2.48. The molecule has 0 aliphatic rings. The number of aryl methyl sites for hydroxylation is 1. The van der Waals surface area contributed by atoms with Crippen LogP contribution in [0.3, 0.4) is 0 Å². The summed E-state index contributed by atoms with van der Waals surface area (Å²) in [6, 6.07) is 14.0. The molecule has 88 valence electrons. The van der Waals surface area contributed by atoms with Gasteiger partial charge in [-0.1, -0.05) is 30.3 Å². The molecule has 0 spiro atoms. The first-order chi connectivity index (χ1) is 8.22. The summed E-state index contributed by atoms with van der Waals surface area (Å²) in [5.74, 6) is 0. The van der Waals surface area contributed by atoms with Crippen molar-refractivity contribution in [2.45, 2.75) is 20.5 Å². The summed E-state index contributed by atoms with van der Waals surface area (Å²) in [6.07, 6.45) is 0. The maximum absolute atomic E-state index is 9.28. The quantitative estimate of drug-likeness (QED) is 0.840. The molecule has 0 saturated carbocycles. The van der Waals surface area contributed by atoms with Crippen molar-refractivity contribution in [2.24, 2.45) is 0 Å². The Morgan fingerprint density at radius 3 is 2.41 bits per heavy atom. The van der Waals surface area contributed by atoms with E-state index in [9.17, 15) is 5.11 Å². The Bertz CT molecular complexity index is 520. The van der Waals surface area contributed by atoms with E-state index in [4.69, 9.17) is 0 Å². The van der Waals surface area contributed by atoms with E-state index in [-0.39, 0.29) is 6.61 Å². The van der Waals surface area contributed by atoms with Crippen molar-refractivity contribution in [1.82, 2.24) is 0 Å². The zero-order chi connectivity index (χ0) is 12.3. The molecule has 17 heavy (non-hydrogen) atoms. The van der Waals surface area contributed by atoms with Crippen LogP contribution in [0.5, 0.6) is 0 Å². The van der Waals surface area contributed by atoms with Crippen molar-refractivity contribution in [1.29, 1.82) is 0 Å². The number of hydrogen-bond acceptors (Lipinski definition) is 2. The molecule has 0 bridgehead atoms. The molecule has 0 heterocycles. The minimum absolute atomic E-state index is 0.0496. The first-order valence-electron chi connectivity index (χ1n) is 5.74. The van der Waals surface area contributed by atoms with Crippen LogP contribution in [0.2, 0.25) is 0 Å². The first-order valence-corrected chi connectivity index (χ1v) is 5.74. The summed E-state index contributed by atoms with van der Waals surface area (Å²) in [4.78, 5) is 0. The number of aliphatic hydroxyl groups is 1. The topological polar surface area (TPSA) is 32.3 Å². The number of aliphatic hydroxyl groups excluding tert-OH is 1. The summed E-state index contributed by atoms with van der Waals surface area (Å²) >= 11 is 0. The van der Waals surface area contributed by atoms with Gasteiger partial charge < -0.3 is 10.4 Å². The van der Waals surface area contributed by atoms with Gasteiger partial charge in [-0.05, 0) is 37.1 Å². The van der Waals surface area contributed by atoms with Gasteiger partial charge in [0.25, 0.3) is 0 Å². The van der Waals surface area contributed by atoms with Gasteiger partial charge in [-0.15, -0.1) is 0 Å². The Kier molecular flexibility index (Phi) is 3.45. The van der Waals surface area contributed by atoms with Gasteiger partial charge >= 0.3 is 0 Å². The average Bonchev–Trinajstić information content (AvgIpc) is 2.35. The van der Waals surface area contributed by atoms with E-state index in [1.165, 1.54) is 11.1 Å². The van der Waals surface area contributed by atoms with Gasteiger partial charge in [0, 0.05) is 16.9 Å².